The van der Waals surface area contributed by atoms with Gasteiger partial charge in [0.15, 0.2) is 0 Å². The molecule has 1 aromatic rings. The van der Waals surface area contributed by atoms with Gasteiger partial charge in [-0.3, -0.25) is 14.9 Å². The maximum absolute atomic E-state index is 10.8. The predicted molar refractivity (Wildman–Crippen MR) is 54.8 cm³/mol. The summed E-state index contributed by atoms with van der Waals surface area (Å²) in [6.07, 6.45) is 0.254. The van der Waals surface area contributed by atoms with Crippen molar-refractivity contribution in [3.8, 4) is 0 Å². The summed E-state index contributed by atoms with van der Waals surface area (Å²) < 4.78 is 0. The molecule has 1 rings (SSSR count). The maximum Gasteiger partial charge on any atom is 0.338 e. The van der Waals surface area contributed by atoms with Crippen LogP contribution < -0.4 is 5.32 Å². The molecule has 2 N–H and O–H groups in total. The number of amides is 1. The van der Waals surface area contributed by atoms with Crippen molar-refractivity contribution < 1.29 is 19.6 Å². The topological polar surface area (TPSA) is 110 Å². The number of hydrogen-bond acceptors (Lipinski definition) is 4. The second-order valence-corrected chi connectivity index (χ2v) is 3.08. The highest BCUT2D eigenvalue weighted by Crippen LogP contribution is 2.30. The fourth-order valence-electron chi connectivity index (χ4n) is 1.06. The second-order valence-electron chi connectivity index (χ2n) is 2.67. The molecule has 0 fully saturated rings. The van der Waals surface area contributed by atoms with Crippen molar-refractivity contribution in [2.75, 3.05) is 5.32 Å². The van der Waals surface area contributed by atoms with Crippen LogP contribution in [0.3, 0.4) is 0 Å². The van der Waals surface area contributed by atoms with Crippen molar-refractivity contribution in [1.29, 1.82) is 0 Å². The van der Waals surface area contributed by atoms with Gasteiger partial charge in [0.2, 0.25) is 6.41 Å². The van der Waals surface area contributed by atoms with E-state index in [1.807, 2.05) is 0 Å². The van der Waals surface area contributed by atoms with Crippen LogP contribution in [-0.2, 0) is 4.79 Å². The summed E-state index contributed by atoms with van der Waals surface area (Å²) >= 11 is 5.55. The fourth-order valence-corrected chi connectivity index (χ4v) is 1.29. The first-order valence-corrected chi connectivity index (χ1v) is 4.26. The van der Waals surface area contributed by atoms with E-state index in [9.17, 15) is 19.7 Å². The Morgan fingerprint density at radius 3 is 2.62 bits per heavy atom. The lowest BCUT2D eigenvalue weighted by atomic mass is 10.1. The average molecular weight is 245 g/mol. The van der Waals surface area contributed by atoms with Crippen LogP contribution >= 0.6 is 11.6 Å². The van der Waals surface area contributed by atoms with Crippen LogP contribution in [-0.4, -0.2) is 22.4 Å². The molecule has 0 atom stereocenters. The Balaban J connectivity index is 3.42. The number of nitrogens with one attached hydrogen (secondary N) is 1. The molecule has 0 bridgehead atoms. The lowest BCUT2D eigenvalue weighted by molar-refractivity contribution is -0.384. The van der Waals surface area contributed by atoms with Crippen LogP contribution in [0.5, 0.6) is 0 Å². The molecule has 0 saturated carbocycles. The smallest absolute Gasteiger partial charge is 0.338 e. The molecule has 1 aromatic carbocycles. The molecule has 16 heavy (non-hydrogen) atoms. The van der Waals surface area contributed by atoms with E-state index in [0.29, 0.717) is 0 Å². The number of halogens is 1. The summed E-state index contributed by atoms with van der Waals surface area (Å²) in [7, 11) is 0. The molecule has 0 aliphatic heterocycles. The summed E-state index contributed by atoms with van der Waals surface area (Å²) in [5.41, 5.74) is -1.03. The number of anilines is 1. The summed E-state index contributed by atoms with van der Waals surface area (Å²) in [4.78, 5) is 30.7. The van der Waals surface area contributed by atoms with Crippen molar-refractivity contribution in [2.24, 2.45) is 0 Å². The Morgan fingerprint density at radius 2 is 2.19 bits per heavy atom. The standard InChI is InChI=1S/C8H5ClN2O5/c9-5-2-6(10-3-12)4(8(13)14)1-7(5)11(15)16/h1-3H,(H,10,12)(H,13,14). The van der Waals surface area contributed by atoms with Crippen molar-refractivity contribution in [1.82, 2.24) is 0 Å². The van der Waals surface area contributed by atoms with Gasteiger partial charge in [0, 0.05) is 6.07 Å². The van der Waals surface area contributed by atoms with Crippen LogP contribution in [0.1, 0.15) is 10.4 Å². The number of nitrogens with zero attached hydrogens (tertiary/aromatic N) is 1. The number of hydrogen-bond donors (Lipinski definition) is 2. The molecular formula is C8H5ClN2O5. The third-order valence-corrected chi connectivity index (χ3v) is 2.03. The third kappa shape index (κ3) is 2.26. The Hall–Kier alpha value is -2.15. The number of carboxylic acids is 1. The van der Waals surface area contributed by atoms with E-state index in [2.05, 4.69) is 5.32 Å². The Bertz CT molecular complexity index is 474. The largest absolute Gasteiger partial charge is 0.478 e. The van der Waals surface area contributed by atoms with Gasteiger partial charge in [0.25, 0.3) is 5.69 Å². The number of carbonyl (C=O) groups is 2. The molecule has 0 radical (unpaired) electrons. The minimum absolute atomic E-state index is 0.0990. The first kappa shape index (κ1) is 11.9. The van der Waals surface area contributed by atoms with Gasteiger partial charge in [-0.2, -0.15) is 0 Å². The van der Waals surface area contributed by atoms with E-state index in [1.165, 1.54) is 0 Å². The molecule has 0 heterocycles. The predicted octanol–water partition coefficient (Wildman–Crippen LogP) is 1.51. The molecule has 84 valence electrons. The molecular weight excluding hydrogens is 240 g/mol. The van der Waals surface area contributed by atoms with E-state index >= 15 is 0 Å². The van der Waals surface area contributed by atoms with Gasteiger partial charge in [-0.1, -0.05) is 11.6 Å². The summed E-state index contributed by atoms with van der Waals surface area (Å²) in [5.74, 6) is -1.40. The van der Waals surface area contributed by atoms with E-state index in [-0.39, 0.29) is 17.1 Å². The number of nitro benzene ring substituents is 1. The minimum Gasteiger partial charge on any atom is -0.478 e. The quantitative estimate of drug-likeness (QED) is 0.474. The molecule has 0 saturated heterocycles. The highest BCUT2D eigenvalue weighted by molar-refractivity contribution is 6.33. The van der Waals surface area contributed by atoms with Crippen LogP contribution in [0.15, 0.2) is 12.1 Å². The number of nitro groups is 1. The first-order chi connectivity index (χ1) is 7.47. The van der Waals surface area contributed by atoms with Crippen molar-refractivity contribution >= 4 is 35.4 Å². The fraction of sp³-hybridized carbons (Fsp3) is 0. The maximum atomic E-state index is 10.8. The zero-order chi connectivity index (χ0) is 12.3. The number of carboxylic acid groups (broad SMARTS) is 1. The van der Waals surface area contributed by atoms with Gasteiger partial charge >= 0.3 is 5.97 Å². The summed E-state index contributed by atoms with van der Waals surface area (Å²) in [5, 5.41) is 21.1. The van der Waals surface area contributed by atoms with E-state index in [4.69, 9.17) is 16.7 Å². The van der Waals surface area contributed by atoms with Gasteiger partial charge in [0.1, 0.15) is 5.02 Å². The highest BCUT2D eigenvalue weighted by atomic mass is 35.5. The van der Waals surface area contributed by atoms with Gasteiger partial charge in [0.05, 0.1) is 16.2 Å². The van der Waals surface area contributed by atoms with Crippen LogP contribution in [0.2, 0.25) is 5.02 Å². The lowest BCUT2D eigenvalue weighted by Gasteiger charge is -2.05. The molecule has 0 aliphatic carbocycles. The zero-order valence-electron chi connectivity index (χ0n) is 7.64. The average Bonchev–Trinajstić information content (AvgIpc) is 2.17. The molecule has 1 amide bonds. The number of aromatic carboxylic acids is 1. The Morgan fingerprint density at radius 1 is 1.56 bits per heavy atom. The molecule has 0 unspecified atom stereocenters. The molecule has 0 aliphatic rings. The molecule has 0 aromatic heterocycles. The van der Waals surface area contributed by atoms with Crippen LogP contribution in [0.4, 0.5) is 11.4 Å². The minimum atomic E-state index is -1.40. The van der Waals surface area contributed by atoms with Gasteiger partial charge in [-0.15, -0.1) is 0 Å². The number of carbonyl (C=O) groups excluding carboxylic acids is 1. The molecule has 7 nitrogen and oxygen atoms in total. The van der Waals surface area contributed by atoms with Gasteiger partial charge < -0.3 is 10.4 Å². The normalized spacial score (nSPS) is 9.56. The third-order valence-electron chi connectivity index (χ3n) is 1.73. The van der Waals surface area contributed by atoms with Gasteiger partial charge in [-0.25, -0.2) is 4.79 Å². The number of rotatable bonds is 4. The first-order valence-electron chi connectivity index (χ1n) is 3.88. The monoisotopic (exact) mass is 244 g/mol. The van der Waals surface area contributed by atoms with E-state index in [1.54, 1.807) is 0 Å². The van der Waals surface area contributed by atoms with E-state index in [0.717, 1.165) is 12.1 Å². The van der Waals surface area contributed by atoms with E-state index < -0.39 is 22.1 Å². The van der Waals surface area contributed by atoms with Crippen molar-refractivity contribution in [3.05, 3.63) is 32.8 Å². The molecule has 8 heteroatoms. The zero-order valence-corrected chi connectivity index (χ0v) is 8.39. The highest BCUT2D eigenvalue weighted by Gasteiger charge is 2.20. The van der Waals surface area contributed by atoms with Crippen LogP contribution in [0, 0.1) is 10.1 Å². The molecule has 0 spiro atoms. The Labute approximate surface area is 93.8 Å². The summed E-state index contributed by atoms with van der Waals surface area (Å²) in [6.45, 7) is 0. The van der Waals surface area contributed by atoms with Crippen LogP contribution in [0.25, 0.3) is 0 Å². The Kier molecular flexibility index (Phi) is 3.41. The second kappa shape index (κ2) is 4.58. The van der Waals surface area contributed by atoms with Crippen molar-refractivity contribution in [2.45, 2.75) is 0 Å². The summed E-state index contributed by atoms with van der Waals surface area (Å²) in [6, 6.07) is 1.80. The lowest BCUT2D eigenvalue weighted by Crippen LogP contribution is -2.06. The van der Waals surface area contributed by atoms with Gasteiger partial charge in [-0.05, 0) is 6.07 Å². The SMILES string of the molecule is O=CNc1cc(Cl)c([N+](=O)[O-])cc1C(=O)O. The number of benzene rings is 1. The van der Waals surface area contributed by atoms with Crippen molar-refractivity contribution in [3.63, 3.8) is 0 Å².